The molecule has 0 atom stereocenters. The molecular formula is C12H12N4O2S. The highest BCUT2D eigenvalue weighted by molar-refractivity contribution is 7.71. The van der Waals surface area contributed by atoms with Crippen LogP contribution in [0.3, 0.4) is 0 Å². The van der Waals surface area contributed by atoms with Gasteiger partial charge in [-0.3, -0.25) is 14.3 Å². The number of aromatic nitrogens is 4. The van der Waals surface area contributed by atoms with Crippen LogP contribution in [0.1, 0.15) is 43.5 Å². The second-order valence-corrected chi connectivity index (χ2v) is 5.67. The molecular weight excluding hydrogens is 264 g/mol. The third kappa shape index (κ3) is 1.68. The molecule has 0 aliphatic heterocycles. The quantitative estimate of drug-likeness (QED) is 0.811. The average molecular weight is 276 g/mol. The Morgan fingerprint density at radius 3 is 2.53 bits per heavy atom. The van der Waals surface area contributed by atoms with E-state index in [1.807, 2.05) is 0 Å². The summed E-state index contributed by atoms with van der Waals surface area (Å²) in [6.07, 6.45) is 4.09. The van der Waals surface area contributed by atoms with E-state index in [4.69, 9.17) is 12.2 Å². The molecule has 0 bridgehead atoms. The van der Waals surface area contributed by atoms with Crippen LogP contribution in [-0.4, -0.2) is 19.5 Å². The van der Waals surface area contributed by atoms with Crippen LogP contribution in [0, 0.1) is 4.64 Å². The second-order valence-electron chi connectivity index (χ2n) is 5.29. The zero-order chi connectivity index (χ0) is 13.1. The van der Waals surface area contributed by atoms with Gasteiger partial charge in [0.25, 0.3) is 5.56 Å². The Balaban J connectivity index is 2.16. The molecule has 0 radical (unpaired) electrons. The molecule has 0 saturated heterocycles. The van der Waals surface area contributed by atoms with Gasteiger partial charge < -0.3 is 4.98 Å². The van der Waals surface area contributed by atoms with Crippen molar-refractivity contribution in [2.75, 3.05) is 0 Å². The maximum atomic E-state index is 12.0. The molecule has 0 unspecified atom stereocenters. The van der Waals surface area contributed by atoms with Crippen LogP contribution in [-0.2, 0) is 0 Å². The molecule has 0 amide bonds. The van der Waals surface area contributed by atoms with Crippen molar-refractivity contribution in [1.29, 1.82) is 0 Å². The minimum atomic E-state index is -0.451. The summed E-state index contributed by atoms with van der Waals surface area (Å²) in [5.41, 5.74) is -0.273. The predicted molar refractivity (Wildman–Crippen MR) is 72.1 cm³/mol. The Kier molecular flexibility index (Phi) is 2.12. The first-order valence-corrected chi connectivity index (χ1v) is 6.84. The molecule has 0 aromatic carbocycles. The first kappa shape index (κ1) is 11.1. The fourth-order valence-corrected chi connectivity index (χ4v) is 2.70. The van der Waals surface area contributed by atoms with Crippen LogP contribution in [0.5, 0.6) is 0 Å². The average Bonchev–Trinajstić information content (AvgIpc) is 3.22. The summed E-state index contributed by atoms with van der Waals surface area (Å²) in [6.45, 7) is 0. The summed E-state index contributed by atoms with van der Waals surface area (Å²) in [5.74, 6) is 1.20. The summed E-state index contributed by atoms with van der Waals surface area (Å²) >= 11 is 5.22. The van der Waals surface area contributed by atoms with Crippen molar-refractivity contribution in [3.8, 4) is 0 Å². The maximum absolute atomic E-state index is 12.0. The van der Waals surface area contributed by atoms with Crippen molar-refractivity contribution >= 4 is 23.3 Å². The van der Waals surface area contributed by atoms with Crippen molar-refractivity contribution < 1.29 is 0 Å². The first-order valence-electron chi connectivity index (χ1n) is 6.44. The number of fused-ring (bicyclic) bond motifs is 1. The maximum Gasteiger partial charge on any atom is 0.330 e. The predicted octanol–water partition coefficient (Wildman–Crippen LogP) is 1.35. The summed E-state index contributed by atoms with van der Waals surface area (Å²) in [4.78, 5) is 33.7. The van der Waals surface area contributed by atoms with Crippen LogP contribution in [0.15, 0.2) is 9.59 Å². The molecule has 19 heavy (non-hydrogen) atoms. The molecule has 2 aliphatic carbocycles. The van der Waals surface area contributed by atoms with Gasteiger partial charge in [-0.2, -0.15) is 0 Å². The Labute approximate surface area is 112 Å². The van der Waals surface area contributed by atoms with E-state index < -0.39 is 5.56 Å². The Morgan fingerprint density at radius 2 is 1.89 bits per heavy atom. The van der Waals surface area contributed by atoms with Gasteiger partial charge in [0.2, 0.25) is 0 Å². The van der Waals surface area contributed by atoms with E-state index >= 15 is 0 Å². The minimum Gasteiger partial charge on any atom is -0.329 e. The summed E-state index contributed by atoms with van der Waals surface area (Å²) in [5, 5.41) is 0.325. The molecule has 2 aromatic heterocycles. The number of nitrogens with one attached hydrogen (secondary N) is 2. The van der Waals surface area contributed by atoms with Gasteiger partial charge in [0, 0.05) is 12.0 Å². The monoisotopic (exact) mass is 276 g/mol. The Hall–Kier alpha value is -1.76. The topological polar surface area (TPSA) is 83.5 Å². The molecule has 2 aliphatic rings. The molecule has 2 aromatic rings. The summed E-state index contributed by atoms with van der Waals surface area (Å²) < 4.78 is 1.91. The third-order valence-corrected chi connectivity index (χ3v) is 4.00. The van der Waals surface area contributed by atoms with E-state index in [0.29, 0.717) is 17.0 Å². The fourth-order valence-electron chi connectivity index (χ4n) is 2.42. The molecule has 2 N–H and O–H groups in total. The molecule has 6 nitrogen and oxygen atoms in total. The molecule has 2 heterocycles. The molecule has 4 rings (SSSR count). The highest BCUT2D eigenvalue weighted by Crippen LogP contribution is 2.39. The standard InChI is InChI=1S/C12H12N4O2S/c17-10-7-9(16(6-3-4-6)12(18)15-10)13-8(5-1-2-5)14-11(7)19/h5-6H,1-4H2,(H,13,14,19)(H,15,17,18). The Morgan fingerprint density at radius 1 is 1.16 bits per heavy atom. The molecule has 7 heteroatoms. The van der Waals surface area contributed by atoms with Crippen LogP contribution < -0.4 is 11.2 Å². The highest BCUT2D eigenvalue weighted by Gasteiger charge is 2.30. The lowest BCUT2D eigenvalue weighted by Gasteiger charge is -2.09. The van der Waals surface area contributed by atoms with Gasteiger partial charge in [0.1, 0.15) is 21.5 Å². The molecule has 98 valence electrons. The zero-order valence-corrected chi connectivity index (χ0v) is 10.9. The summed E-state index contributed by atoms with van der Waals surface area (Å²) in [7, 11) is 0. The number of hydrogen-bond acceptors (Lipinski definition) is 4. The van der Waals surface area contributed by atoms with Crippen molar-refractivity contribution in [3.63, 3.8) is 0 Å². The van der Waals surface area contributed by atoms with Crippen LogP contribution in [0.4, 0.5) is 0 Å². The van der Waals surface area contributed by atoms with Crippen molar-refractivity contribution in [2.24, 2.45) is 0 Å². The van der Waals surface area contributed by atoms with Crippen LogP contribution >= 0.6 is 12.2 Å². The zero-order valence-electron chi connectivity index (χ0n) is 10.1. The number of aromatic amines is 2. The van der Waals surface area contributed by atoms with Gasteiger partial charge in [-0.1, -0.05) is 12.2 Å². The number of hydrogen-bond donors (Lipinski definition) is 2. The van der Waals surface area contributed by atoms with Crippen LogP contribution in [0.2, 0.25) is 0 Å². The van der Waals surface area contributed by atoms with E-state index in [9.17, 15) is 9.59 Å². The molecule has 2 fully saturated rings. The van der Waals surface area contributed by atoms with Gasteiger partial charge in [-0.15, -0.1) is 0 Å². The minimum absolute atomic E-state index is 0.173. The molecule has 0 spiro atoms. The smallest absolute Gasteiger partial charge is 0.329 e. The van der Waals surface area contributed by atoms with Gasteiger partial charge in [-0.25, -0.2) is 9.78 Å². The third-order valence-electron chi connectivity index (χ3n) is 3.70. The van der Waals surface area contributed by atoms with Crippen molar-refractivity contribution in [1.82, 2.24) is 19.5 Å². The Bertz CT molecular complexity index is 855. The summed E-state index contributed by atoms with van der Waals surface area (Å²) in [6, 6.07) is 0.173. The van der Waals surface area contributed by atoms with Gasteiger partial charge in [-0.05, 0) is 25.7 Å². The normalized spacial score (nSPS) is 18.9. The van der Waals surface area contributed by atoms with Crippen molar-refractivity contribution in [3.05, 3.63) is 31.3 Å². The van der Waals surface area contributed by atoms with Crippen molar-refractivity contribution in [2.45, 2.75) is 37.6 Å². The van der Waals surface area contributed by atoms with Gasteiger partial charge >= 0.3 is 5.69 Å². The lowest BCUT2D eigenvalue weighted by Crippen LogP contribution is -2.31. The first-order chi connectivity index (χ1) is 9.15. The molecule has 2 saturated carbocycles. The van der Waals surface area contributed by atoms with Gasteiger partial charge in [0.15, 0.2) is 0 Å². The van der Waals surface area contributed by atoms with E-state index in [1.165, 1.54) is 0 Å². The highest BCUT2D eigenvalue weighted by atomic mass is 32.1. The number of H-pyrrole nitrogens is 2. The lowest BCUT2D eigenvalue weighted by molar-refractivity contribution is 0.694. The van der Waals surface area contributed by atoms with E-state index in [-0.39, 0.29) is 16.4 Å². The number of rotatable bonds is 2. The van der Waals surface area contributed by atoms with E-state index in [0.717, 1.165) is 31.5 Å². The number of nitrogens with zero attached hydrogens (tertiary/aromatic N) is 2. The largest absolute Gasteiger partial charge is 0.330 e. The van der Waals surface area contributed by atoms with E-state index in [2.05, 4.69) is 15.0 Å². The van der Waals surface area contributed by atoms with E-state index in [1.54, 1.807) is 4.57 Å². The lowest BCUT2D eigenvalue weighted by atomic mass is 10.3. The van der Waals surface area contributed by atoms with Gasteiger partial charge in [0.05, 0.1) is 0 Å². The fraction of sp³-hybridized carbons (Fsp3) is 0.500. The SMILES string of the molecule is O=c1[nH]c(=O)n(C2CC2)c2[nH]c(C3CC3)nc(=S)c12. The van der Waals surface area contributed by atoms with Crippen LogP contribution in [0.25, 0.3) is 11.0 Å². The second kappa shape index (κ2) is 3.63.